The van der Waals surface area contributed by atoms with Crippen LogP contribution in [-0.4, -0.2) is 14.2 Å². The van der Waals surface area contributed by atoms with Gasteiger partial charge in [0.1, 0.15) is 5.75 Å². The average molecular weight is 296 g/mol. The van der Waals surface area contributed by atoms with Crippen molar-refractivity contribution < 1.29 is 9.47 Å². The molecule has 2 aromatic carbocycles. The molecule has 0 heterocycles. The molecule has 99 valence electrons. The molecule has 2 rings (SSSR count). The fraction of sp³-hybridized carbons (Fsp3) is 0.200. The molecular formula is C15H13Cl2O2. The molecule has 0 fully saturated rings. The Labute approximate surface area is 122 Å². The van der Waals surface area contributed by atoms with Crippen molar-refractivity contribution in [2.45, 2.75) is 6.61 Å². The van der Waals surface area contributed by atoms with Gasteiger partial charge >= 0.3 is 0 Å². The highest BCUT2D eigenvalue weighted by molar-refractivity contribution is 6.36. The molecule has 0 aliphatic rings. The first-order valence-electron chi connectivity index (χ1n) is 5.68. The Morgan fingerprint density at radius 2 is 1.95 bits per heavy atom. The summed E-state index contributed by atoms with van der Waals surface area (Å²) in [7, 11) is 3.27. The van der Waals surface area contributed by atoms with Crippen LogP contribution in [0.3, 0.4) is 0 Å². The number of methoxy groups -OCH3 is 2. The largest absolute Gasteiger partial charge is 0.496 e. The minimum Gasteiger partial charge on any atom is -0.496 e. The minimum atomic E-state index is 0.515. The molecule has 19 heavy (non-hydrogen) atoms. The third-order valence-electron chi connectivity index (χ3n) is 2.70. The fourth-order valence-electron chi connectivity index (χ4n) is 1.83. The highest BCUT2D eigenvalue weighted by atomic mass is 35.5. The number of rotatable bonds is 4. The quantitative estimate of drug-likeness (QED) is 0.820. The molecule has 0 aromatic heterocycles. The number of hydrogen-bond donors (Lipinski definition) is 0. The lowest BCUT2D eigenvalue weighted by molar-refractivity contribution is 0.184. The average Bonchev–Trinajstić information content (AvgIpc) is 2.39. The van der Waals surface area contributed by atoms with Crippen LogP contribution in [0, 0.1) is 6.07 Å². The van der Waals surface area contributed by atoms with E-state index in [0.29, 0.717) is 22.4 Å². The number of ether oxygens (including phenoxy) is 2. The molecule has 1 radical (unpaired) electrons. The van der Waals surface area contributed by atoms with Gasteiger partial charge in [-0.2, -0.15) is 0 Å². The first-order valence-corrected chi connectivity index (χ1v) is 6.44. The van der Waals surface area contributed by atoms with Crippen LogP contribution in [0.25, 0.3) is 11.1 Å². The molecule has 2 nitrogen and oxygen atoms in total. The molecule has 0 amide bonds. The van der Waals surface area contributed by atoms with E-state index < -0.39 is 0 Å². The van der Waals surface area contributed by atoms with E-state index in [4.69, 9.17) is 32.7 Å². The van der Waals surface area contributed by atoms with Gasteiger partial charge in [-0.15, -0.1) is 0 Å². The van der Waals surface area contributed by atoms with Crippen molar-refractivity contribution >= 4 is 23.2 Å². The Morgan fingerprint density at radius 1 is 1.16 bits per heavy atom. The van der Waals surface area contributed by atoms with Gasteiger partial charge in [0.2, 0.25) is 0 Å². The van der Waals surface area contributed by atoms with Gasteiger partial charge in [-0.25, -0.2) is 0 Å². The first kappa shape index (κ1) is 14.2. The standard InChI is InChI=1S/C15H13Cl2O2/c1-18-9-10-3-5-13(15(7-10)19-2)12-6-4-11(16)8-14(12)17/h3-4,6-8H,9H2,1-2H3. The van der Waals surface area contributed by atoms with E-state index >= 15 is 0 Å². The minimum absolute atomic E-state index is 0.515. The maximum absolute atomic E-state index is 6.21. The van der Waals surface area contributed by atoms with Crippen LogP contribution >= 0.6 is 23.2 Å². The van der Waals surface area contributed by atoms with Crippen molar-refractivity contribution in [2.24, 2.45) is 0 Å². The summed E-state index contributed by atoms with van der Waals surface area (Å²) in [6.45, 7) is 0.515. The summed E-state index contributed by atoms with van der Waals surface area (Å²) < 4.78 is 10.5. The third-order valence-corrected chi connectivity index (χ3v) is 3.24. The molecule has 0 aliphatic carbocycles. The van der Waals surface area contributed by atoms with Crippen LogP contribution in [0.15, 0.2) is 30.3 Å². The Hall–Kier alpha value is -1.22. The van der Waals surface area contributed by atoms with Gasteiger partial charge in [0.15, 0.2) is 0 Å². The zero-order valence-corrected chi connectivity index (χ0v) is 12.2. The topological polar surface area (TPSA) is 18.5 Å². The summed E-state index contributed by atoms with van der Waals surface area (Å²) in [5.74, 6) is 0.707. The summed E-state index contributed by atoms with van der Waals surface area (Å²) in [5, 5.41) is 1.17. The van der Waals surface area contributed by atoms with Crippen LogP contribution < -0.4 is 4.74 Å². The Bertz CT molecular complexity index is 582. The van der Waals surface area contributed by atoms with Crippen LogP contribution in [-0.2, 0) is 11.3 Å². The predicted molar refractivity (Wildman–Crippen MR) is 78.0 cm³/mol. The molecule has 0 aliphatic heterocycles. The number of hydrogen-bond acceptors (Lipinski definition) is 2. The van der Waals surface area contributed by atoms with Crippen molar-refractivity contribution in [3.63, 3.8) is 0 Å². The lowest BCUT2D eigenvalue weighted by atomic mass is 10.0. The van der Waals surface area contributed by atoms with Crippen LogP contribution in [0.5, 0.6) is 5.75 Å². The zero-order valence-electron chi connectivity index (χ0n) is 10.7. The second-order valence-corrected chi connectivity index (χ2v) is 4.85. The second kappa shape index (κ2) is 6.29. The van der Waals surface area contributed by atoms with Crippen molar-refractivity contribution in [2.75, 3.05) is 14.2 Å². The summed E-state index contributed by atoms with van der Waals surface area (Å²) in [6.07, 6.45) is 0. The predicted octanol–water partition coefficient (Wildman–Crippen LogP) is 4.62. The number of benzene rings is 2. The van der Waals surface area contributed by atoms with E-state index in [9.17, 15) is 0 Å². The maximum Gasteiger partial charge on any atom is 0.127 e. The summed E-state index contributed by atoms with van der Waals surface area (Å²) in [4.78, 5) is 0. The number of halogens is 2. The van der Waals surface area contributed by atoms with Crippen molar-refractivity contribution in [3.05, 3.63) is 52.0 Å². The Morgan fingerprint density at radius 3 is 2.58 bits per heavy atom. The van der Waals surface area contributed by atoms with Gasteiger partial charge in [0, 0.05) is 23.3 Å². The van der Waals surface area contributed by atoms with E-state index in [1.54, 1.807) is 26.4 Å². The monoisotopic (exact) mass is 295 g/mol. The molecule has 2 aromatic rings. The third kappa shape index (κ3) is 3.21. The van der Waals surface area contributed by atoms with E-state index in [1.807, 2.05) is 18.2 Å². The lowest BCUT2D eigenvalue weighted by Crippen LogP contribution is -1.93. The molecule has 0 spiro atoms. The van der Waals surface area contributed by atoms with E-state index in [-0.39, 0.29) is 0 Å². The van der Waals surface area contributed by atoms with Crippen LogP contribution in [0.2, 0.25) is 10.0 Å². The van der Waals surface area contributed by atoms with Gasteiger partial charge in [0.05, 0.1) is 18.7 Å². The van der Waals surface area contributed by atoms with Crippen molar-refractivity contribution in [3.8, 4) is 16.9 Å². The zero-order chi connectivity index (χ0) is 13.8. The van der Waals surface area contributed by atoms with Gasteiger partial charge in [-0.05, 0) is 35.9 Å². The van der Waals surface area contributed by atoms with E-state index in [2.05, 4.69) is 6.07 Å². The molecule has 4 heteroatoms. The molecule has 0 saturated carbocycles. The molecule has 0 unspecified atom stereocenters. The highest BCUT2D eigenvalue weighted by Gasteiger charge is 2.11. The van der Waals surface area contributed by atoms with Crippen molar-refractivity contribution in [1.82, 2.24) is 0 Å². The summed E-state index contributed by atoms with van der Waals surface area (Å²) in [6, 6.07) is 12.3. The smallest absolute Gasteiger partial charge is 0.127 e. The summed E-state index contributed by atoms with van der Waals surface area (Å²) >= 11 is 12.1. The van der Waals surface area contributed by atoms with Gasteiger partial charge in [0.25, 0.3) is 0 Å². The van der Waals surface area contributed by atoms with Gasteiger partial charge < -0.3 is 9.47 Å². The van der Waals surface area contributed by atoms with Gasteiger partial charge in [-0.3, -0.25) is 0 Å². The van der Waals surface area contributed by atoms with E-state index in [1.165, 1.54) is 0 Å². The molecule has 0 bridgehead atoms. The fourth-order valence-corrected chi connectivity index (χ4v) is 2.33. The second-order valence-electron chi connectivity index (χ2n) is 4.01. The molecule has 0 atom stereocenters. The van der Waals surface area contributed by atoms with Crippen molar-refractivity contribution in [1.29, 1.82) is 0 Å². The highest BCUT2D eigenvalue weighted by Crippen LogP contribution is 2.36. The van der Waals surface area contributed by atoms with Crippen LogP contribution in [0.1, 0.15) is 5.56 Å². The Balaban J connectivity index is 2.49. The SMILES string of the molecule is COCc1c[c]c(-c2ccc(Cl)cc2Cl)c(OC)c1. The van der Waals surface area contributed by atoms with Crippen LogP contribution in [0.4, 0.5) is 0 Å². The molecular weight excluding hydrogens is 283 g/mol. The molecule has 0 N–H and O–H groups in total. The van der Waals surface area contributed by atoms with E-state index in [0.717, 1.165) is 16.7 Å². The van der Waals surface area contributed by atoms with Gasteiger partial charge in [-0.1, -0.05) is 29.3 Å². The maximum atomic E-state index is 6.21. The lowest BCUT2D eigenvalue weighted by Gasteiger charge is -2.12. The first-order chi connectivity index (χ1) is 9.15. The summed E-state index contributed by atoms with van der Waals surface area (Å²) in [5.41, 5.74) is 2.64. The normalized spacial score (nSPS) is 10.5. The molecule has 0 saturated heterocycles. The Kier molecular flexibility index (Phi) is 4.70.